The second kappa shape index (κ2) is 9.92. The van der Waals surface area contributed by atoms with E-state index in [0.29, 0.717) is 22.4 Å². The van der Waals surface area contributed by atoms with Gasteiger partial charge >= 0.3 is 6.03 Å². The van der Waals surface area contributed by atoms with Crippen molar-refractivity contribution in [3.8, 4) is 5.75 Å². The number of sulfonamides is 1. The number of primary amides is 1. The van der Waals surface area contributed by atoms with Gasteiger partial charge < -0.3 is 15.8 Å². The average molecular weight is 455 g/mol. The average Bonchev–Trinajstić information content (AvgIpc) is 2.82. The first-order chi connectivity index (χ1) is 15.3. The predicted octanol–water partition coefficient (Wildman–Crippen LogP) is 2.29. The van der Waals surface area contributed by atoms with Crippen molar-refractivity contribution in [2.45, 2.75) is 18.0 Å². The standard InChI is InChI=1S/C22H22N4O5S/c1-31-19-10-6-17(7-11-19)15-26(32(29,30)20-3-2-12-24-14-20)22(28)25-13-16-4-8-18(9-5-16)21(23)27/h2-12,14H,13,15H2,1H3,(H2,23,27)(H,25,28). The largest absolute Gasteiger partial charge is 0.497 e. The first-order valence-electron chi connectivity index (χ1n) is 9.53. The van der Waals surface area contributed by atoms with Gasteiger partial charge in [0.05, 0.1) is 13.7 Å². The number of nitrogens with two attached hydrogens (primary N) is 1. The number of aromatic nitrogens is 1. The van der Waals surface area contributed by atoms with Crippen LogP contribution in [0.15, 0.2) is 78.0 Å². The van der Waals surface area contributed by atoms with Crippen LogP contribution in [0.3, 0.4) is 0 Å². The van der Waals surface area contributed by atoms with Crippen LogP contribution in [0.25, 0.3) is 0 Å². The summed E-state index contributed by atoms with van der Waals surface area (Å²) in [5, 5.41) is 2.61. The van der Waals surface area contributed by atoms with E-state index in [0.717, 1.165) is 4.31 Å². The molecule has 0 unspecified atom stereocenters. The third-order valence-electron chi connectivity index (χ3n) is 4.62. The van der Waals surface area contributed by atoms with E-state index in [-0.39, 0.29) is 18.0 Å². The van der Waals surface area contributed by atoms with E-state index in [1.807, 2.05) is 0 Å². The number of ether oxygens (including phenoxy) is 1. The molecule has 32 heavy (non-hydrogen) atoms. The third-order valence-corrected chi connectivity index (χ3v) is 6.33. The molecule has 10 heteroatoms. The normalized spacial score (nSPS) is 10.9. The first-order valence-corrected chi connectivity index (χ1v) is 11.0. The zero-order valence-corrected chi connectivity index (χ0v) is 18.1. The summed E-state index contributed by atoms with van der Waals surface area (Å²) in [5.41, 5.74) is 6.83. The highest BCUT2D eigenvalue weighted by molar-refractivity contribution is 7.89. The molecule has 3 amide bonds. The van der Waals surface area contributed by atoms with Gasteiger partial charge in [-0.25, -0.2) is 17.5 Å². The van der Waals surface area contributed by atoms with Crippen LogP contribution in [-0.4, -0.2) is 36.8 Å². The van der Waals surface area contributed by atoms with Gasteiger partial charge in [-0.05, 0) is 47.5 Å². The van der Waals surface area contributed by atoms with Crippen LogP contribution >= 0.6 is 0 Å². The first kappa shape index (κ1) is 22.8. The summed E-state index contributed by atoms with van der Waals surface area (Å²) in [6, 6.07) is 15.1. The maximum atomic E-state index is 13.2. The molecule has 0 aliphatic heterocycles. The van der Waals surface area contributed by atoms with Crippen molar-refractivity contribution in [3.63, 3.8) is 0 Å². The van der Waals surface area contributed by atoms with Crippen LogP contribution in [0.4, 0.5) is 4.79 Å². The SMILES string of the molecule is COc1ccc(CN(C(=O)NCc2ccc(C(N)=O)cc2)S(=O)(=O)c2cccnc2)cc1. The molecule has 0 saturated heterocycles. The Morgan fingerprint density at radius 2 is 1.69 bits per heavy atom. The molecule has 1 heterocycles. The Hall–Kier alpha value is -3.92. The number of carbonyl (C=O) groups excluding carboxylic acids is 2. The second-order valence-electron chi connectivity index (χ2n) is 6.77. The molecule has 9 nitrogen and oxygen atoms in total. The monoisotopic (exact) mass is 454 g/mol. The third kappa shape index (κ3) is 5.41. The van der Waals surface area contributed by atoms with Crippen LogP contribution in [0, 0.1) is 0 Å². The number of amides is 3. The molecular weight excluding hydrogens is 432 g/mol. The summed E-state index contributed by atoms with van der Waals surface area (Å²) in [6.07, 6.45) is 2.63. The highest BCUT2D eigenvalue weighted by Gasteiger charge is 2.29. The Balaban J connectivity index is 1.83. The van der Waals surface area contributed by atoms with Gasteiger partial charge in [0.25, 0.3) is 10.0 Å². The Labute approximate surface area is 185 Å². The number of nitrogens with zero attached hydrogens (tertiary/aromatic N) is 2. The van der Waals surface area contributed by atoms with Gasteiger partial charge in [0.1, 0.15) is 10.6 Å². The fraction of sp³-hybridized carbons (Fsp3) is 0.136. The van der Waals surface area contributed by atoms with Crippen molar-refractivity contribution < 1.29 is 22.7 Å². The summed E-state index contributed by atoms with van der Waals surface area (Å²) < 4.78 is 32.2. The topological polar surface area (TPSA) is 132 Å². The van der Waals surface area contributed by atoms with Crippen LogP contribution in [-0.2, 0) is 23.1 Å². The molecule has 3 rings (SSSR count). The number of hydrogen-bond acceptors (Lipinski definition) is 6. The van der Waals surface area contributed by atoms with Crippen molar-refractivity contribution >= 4 is 22.0 Å². The van der Waals surface area contributed by atoms with E-state index in [2.05, 4.69) is 10.3 Å². The lowest BCUT2D eigenvalue weighted by atomic mass is 10.1. The number of benzene rings is 2. The van der Waals surface area contributed by atoms with Crippen LogP contribution in [0.5, 0.6) is 5.75 Å². The van der Waals surface area contributed by atoms with Gasteiger partial charge in [-0.1, -0.05) is 24.3 Å². The fourth-order valence-corrected chi connectivity index (χ4v) is 4.14. The van der Waals surface area contributed by atoms with E-state index < -0.39 is 22.0 Å². The van der Waals surface area contributed by atoms with Crippen molar-refractivity contribution in [2.75, 3.05) is 7.11 Å². The van der Waals surface area contributed by atoms with Crippen LogP contribution in [0.1, 0.15) is 21.5 Å². The maximum absolute atomic E-state index is 13.2. The number of methoxy groups -OCH3 is 1. The Morgan fingerprint density at radius 3 is 2.25 bits per heavy atom. The van der Waals surface area contributed by atoms with E-state index in [1.165, 1.54) is 43.8 Å². The minimum atomic E-state index is -4.17. The van der Waals surface area contributed by atoms with E-state index in [9.17, 15) is 18.0 Å². The molecule has 0 bridgehead atoms. The molecule has 0 fully saturated rings. The number of hydrogen-bond donors (Lipinski definition) is 2. The molecule has 0 atom stereocenters. The molecule has 3 N–H and O–H groups in total. The summed E-state index contributed by atoms with van der Waals surface area (Å²) in [4.78, 5) is 27.9. The molecule has 0 radical (unpaired) electrons. The van der Waals surface area contributed by atoms with Gasteiger partial charge in [-0.2, -0.15) is 0 Å². The van der Waals surface area contributed by atoms with Gasteiger partial charge in [-0.3, -0.25) is 9.78 Å². The quantitative estimate of drug-likeness (QED) is 0.537. The van der Waals surface area contributed by atoms with Gasteiger partial charge in [0.15, 0.2) is 0 Å². The fourth-order valence-electron chi connectivity index (χ4n) is 2.84. The van der Waals surface area contributed by atoms with Crippen molar-refractivity contribution in [1.82, 2.24) is 14.6 Å². The van der Waals surface area contributed by atoms with Crippen LogP contribution < -0.4 is 15.8 Å². The van der Waals surface area contributed by atoms with Gasteiger partial charge in [-0.15, -0.1) is 0 Å². The maximum Gasteiger partial charge on any atom is 0.331 e. The Morgan fingerprint density at radius 1 is 1.03 bits per heavy atom. The van der Waals surface area contributed by atoms with E-state index in [1.54, 1.807) is 36.4 Å². The molecular formula is C22H22N4O5S. The Bertz CT molecular complexity index is 1180. The van der Waals surface area contributed by atoms with E-state index in [4.69, 9.17) is 10.5 Å². The lowest BCUT2D eigenvalue weighted by Gasteiger charge is -2.23. The summed E-state index contributed by atoms with van der Waals surface area (Å²) in [6.45, 7) is -0.132. The minimum Gasteiger partial charge on any atom is -0.497 e. The zero-order valence-electron chi connectivity index (χ0n) is 17.3. The van der Waals surface area contributed by atoms with Gasteiger partial charge in [0.2, 0.25) is 5.91 Å². The van der Waals surface area contributed by atoms with Gasteiger partial charge in [0, 0.05) is 24.5 Å². The molecule has 0 aliphatic rings. The number of carbonyl (C=O) groups is 2. The van der Waals surface area contributed by atoms with Crippen molar-refractivity contribution in [3.05, 3.63) is 89.7 Å². The molecule has 166 valence electrons. The second-order valence-corrected chi connectivity index (χ2v) is 8.63. The summed E-state index contributed by atoms with van der Waals surface area (Å²) in [7, 11) is -2.64. The smallest absolute Gasteiger partial charge is 0.331 e. The molecule has 1 aromatic heterocycles. The molecule has 0 aliphatic carbocycles. The summed E-state index contributed by atoms with van der Waals surface area (Å²) in [5.74, 6) is 0.0492. The van der Waals surface area contributed by atoms with E-state index >= 15 is 0 Å². The molecule has 3 aromatic rings. The Kier molecular flexibility index (Phi) is 7.06. The molecule has 0 saturated carbocycles. The highest BCUT2D eigenvalue weighted by atomic mass is 32.2. The molecule has 2 aromatic carbocycles. The number of rotatable bonds is 8. The lowest BCUT2D eigenvalue weighted by Crippen LogP contribution is -2.43. The van der Waals surface area contributed by atoms with Crippen LogP contribution in [0.2, 0.25) is 0 Å². The minimum absolute atomic E-state index is 0.0551. The van der Waals surface area contributed by atoms with Crippen molar-refractivity contribution in [1.29, 1.82) is 0 Å². The number of urea groups is 1. The number of pyridine rings is 1. The van der Waals surface area contributed by atoms with Crippen molar-refractivity contribution in [2.24, 2.45) is 5.73 Å². The molecule has 0 spiro atoms. The highest BCUT2D eigenvalue weighted by Crippen LogP contribution is 2.20. The lowest BCUT2D eigenvalue weighted by molar-refractivity contribution is 0.1000. The number of nitrogens with one attached hydrogen (secondary N) is 1. The predicted molar refractivity (Wildman–Crippen MR) is 117 cm³/mol. The summed E-state index contributed by atoms with van der Waals surface area (Å²) >= 11 is 0. The zero-order chi connectivity index (χ0) is 23.1.